The zero-order chi connectivity index (χ0) is 15.1. The lowest BCUT2D eigenvalue weighted by Crippen LogP contribution is -1.94. The first-order valence-electron chi connectivity index (χ1n) is 6.38. The quantitative estimate of drug-likeness (QED) is 0.439. The molecule has 0 saturated carbocycles. The highest BCUT2D eigenvalue weighted by Crippen LogP contribution is 2.34. The maximum atomic E-state index is 10.8. The zero-order valence-electron chi connectivity index (χ0n) is 11.6. The van der Waals surface area contributed by atoms with Gasteiger partial charge in [0.25, 0.3) is 5.69 Å². The summed E-state index contributed by atoms with van der Waals surface area (Å²) in [6.07, 6.45) is 0. The van der Waals surface area contributed by atoms with E-state index in [1.165, 1.54) is 17.4 Å². The molecule has 0 aliphatic carbocycles. The van der Waals surface area contributed by atoms with Crippen molar-refractivity contribution in [3.05, 3.63) is 51.6 Å². The van der Waals surface area contributed by atoms with Crippen LogP contribution in [0.1, 0.15) is 11.1 Å². The number of fused-ring (bicyclic) bond motifs is 1. The van der Waals surface area contributed by atoms with Gasteiger partial charge in [0, 0.05) is 23.4 Å². The minimum atomic E-state index is -0.393. The Balaban J connectivity index is 2.15. The van der Waals surface area contributed by atoms with Crippen molar-refractivity contribution >= 4 is 32.9 Å². The van der Waals surface area contributed by atoms with Crippen LogP contribution in [0.4, 0.5) is 11.4 Å². The monoisotopic (exact) mass is 299 g/mol. The number of aryl methyl sites for hydroxylation is 2. The van der Waals surface area contributed by atoms with Crippen LogP contribution in [0.25, 0.3) is 20.8 Å². The molecule has 1 heterocycles. The Bertz CT molecular complexity index is 847. The number of nitrogen functional groups attached to an aromatic ring is 1. The standard InChI is InChI=1S/C15H13N3O2S/c1-8-5-10(6-9(2)14(8)16)15-17-12-4-3-11(18(19)20)7-13(12)21-15/h3-7H,16H2,1-2H3. The lowest BCUT2D eigenvalue weighted by Gasteiger charge is -2.06. The van der Waals surface area contributed by atoms with E-state index >= 15 is 0 Å². The molecule has 0 spiro atoms. The van der Waals surface area contributed by atoms with Gasteiger partial charge in [-0.1, -0.05) is 0 Å². The van der Waals surface area contributed by atoms with Crippen molar-refractivity contribution < 1.29 is 4.92 Å². The molecule has 2 aromatic carbocycles. The summed E-state index contributed by atoms with van der Waals surface area (Å²) in [5, 5.41) is 11.7. The van der Waals surface area contributed by atoms with Gasteiger partial charge < -0.3 is 5.73 Å². The van der Waals surface area contributed by atoms with Crippen LogP contribution in [0.15, 0.2) is 30.3 Å². The van der Waals surface area contributed by atoms with Crippen LogP contribution >= 0.6 is 11.3 Å². The van der Waals surface area contributed by atoms with Crippen molar-refractivity contribution in [2.75, 3.05) is 5.73 Å². The minimum absolute atomic E-state index is 0.0855. The number of rotatable bonds is 2. The molecule has 1 aromatic heterocycles. The molecule has 0 atom stereocenters. The van der Waals surface area contributed by atoms with Gasteiger partial charge in [0.1, 0.15) is 5.01 Å². The van der Waals surface area contributed by atoms with Gasteiger partial charge in [-0.3, -0.25) is 10.1 Å². The van der Waals surface area contributed by atoms with Crippen LogP contribution in [0.5, 0.6) is 0 Å². The smallest absolute Gasteiger partial charge is 0.270 e. The van der Waals surface area contributed by atoms with Gasteiger partial charge in [-0.15, -0.1) is 11.3 Å². The Morgan fingerprint density at radius 2 is 1.86 bits per heavy atom. The van der Waals surface area contributed by atoms with E-state index in [4.69, 9.17) is 5.73 Å². The van der Waals surface area contributed by atoms with Gasteiger partial charge in [-0.05, 0) is 43.2 Å². The minimum Gasteiger partial charge on any atom is -0.398 e. The molecule has 0 radical (unpaired) electrons. The number of nitro benzene ring substituents is 1. The third-order valence-corrected chi connectivity index (χ3v) is 4.49. The van der Waals surface area contributed by atoms with Crippen LogP contribution in [-0.4, -0.2) is 9.91 Å². The second-order valence-electron chi connectivity index (χ2n) is 4.95. The van der Waals surface area contributed by atoms with E-state index < -0.39 is 4.92 Å². The van der Waals surface area contributed by atoms with E-state index in [0.717, 1.165) is 37.6 Å². The fourth-order valence-corrected chi connectivity index (χ4v) is 3.23. The number of nitrogens with zero attached hydrogens (tertiary/aromatic N) is 2. The average molecular weight is 299 g/mol. The van der Waals surface area contributed by atoms with Gasteiger partial charge in [0.15, 0.2) is 0 Å². The van der Waals surface area contributed by atoms with E-state index in [2.05, 4.69) is 4.98 Å². The molecule has 0 bridgehead atoms. The van der Waals surface area contributed by atoms with Gasteiger partial charge in [0.2, 0.25) is 0 Å². The summed E-state index contributed by atoms with van der Waals surface area (Å²) in [6, 6.07) is 8.71. The number of hydrogen-bond donors (Lipinski definition) is 1. The molecule has 0 amide bonds. The lowest BCUT2D eigenvalue weighted by atomic mass is 10.1. The maximum absolute atomic E-state index is 10.8. The van der Waals surface area contributed by atoms with E-state index in [9.17, 15) is 10.1 Å². The zero-order valence-corrected chi connectivity index (χ0v) is 12.4. The van der Waals surface area contributed by atoms with Crippen molar-refractivity contribution in [1.29, 1.82) is 0 Å². The Kier molecular flexibility index (Phi) is 3.10. The molecule has 3 rings (SSSR count). The average Bonchev–Trinajstić information content (AvgIpc) is 2.86. The first kappa shape index (κ1) is 13.5. The molecule has 6 heteroatoms. The van der Waals surface area contributed by atoms with Crippen molar-refractivity contribution in [3.8, 4) is 10.6 Å². The molecule has 0 fully saturated rings. The largest absolute Gasteiger partial charge is 0.398 e. The number of benzene rings is 2. The SMILES string of the molecule is Cc1cc(-c2nc3ccc([N+](=O)[O-])cc3s2)cc(C)c1N. The predicted molar refractivity (Wildman–Crippen MR) is 85.6 cm³/mol. The van der Waals surface area contributed by atoms with Crippen LogP contribution < -0.4 is 5.73 Å². The van der Waals surface area contributed by atoms with E-state index in [0.29, 0.717) is 0 Å². The molecule has 0 unspecified atom stereocenters. The van der Waals surface area contributed by atoms with Crippen molar-refractivity contribution in [3.63, 3.8) is 0 Å². The van der Waals surface area contributed by atoms with Crippen LogP contribution in [0.2, 0.25) is 0 Å². The summed E-state index contributed by atoms with van der Waals surface area (Å²) < 4.78 is 0.811. The number of non-ortho nitro benzene ring substituents is 1. The Hall–Kier alpha value is -2.47. The summed E-state index contributed by atoms with van der Waals surface area (Å²) in [5.74, 6) is 0. The number of anilines is 1. The number of aromatic nitrogens is 1. The van der Waals surface area contributed by atoms with Crippen LogP contribution in [0.3, 0.4) is 0 Å². The molecule has 2 N–H and O–H groups in total. The Morgan fingerprint density at radius 3 is 2.48 bits per heavy atom. The van der Waals surface area contributed by atoms with Gasteiger partial charge in [-0.25, -0.2) is 4.98 Å². The van der Waals surface area contributed by atoms with Crippen molar-refractivity contribution in [1.82, 2.24) is 4.98 Å². The summed E-state index contributed by atoms with van der Waals surface area (Å²) in [6.45, 7) is 3.92. The highest BCUT2D eigenvalue weighted by Gasteiger charge is 2.12. The fourth-order valence-electron chi connectivity index (χ4n) is 2.25. The summed E-state index contributed by atoms with van der Waals surface area (Å²) in [5.41, 5.74) is 10.6. The number of thiazole rings is 1. The first-order chi connectivity index (χ1) is 9.95. The molecule has 3 aromatic rings. The number of nitrogens with two attached hydrogens (primary N) is 1. The molecule has 5 nitrogen and oxygen atoms in total. The molecule has 0 aliphatic rings. The third kappa shape index (κ3) is 2.34. The summed E-state index contributed by atoms with van der Waals surface area (Å²) in [4.78, 5) is 15.0. The summed E-state index contributed by atoms with van der Waals surface area (Å²) in [7, 11) is 0. The number of nitro groups is 1. The molecular weight excluding hydrogens is 286 g/mol. The normalized spacial score (nSPS) is 11.0. The van der Waals surface area contributed by atoms with Gasteiger partial charge >= 0.3 is 0 Å². The molecule has 0 aliphatic heterocycles. The van der Waals surface area contributed by atoms with Gasteiger partial charge in [0.05, 0.1) is 15.1 Å². The second-order valence-corrected chi connectivity index (χ2v) is 5.98. The van der Waals surface area contributed by atoms with E-state index in [-0.39, 0.29) is 5.69 Å². The maximum Gasteiger partial charge on any atom is 0.270 e. The fraction of sp³-hybridized carbons (Fsp3) is 0.133. The Morgan fingerprint density at radius 1 is 1.19 bits per heavy atom. The van der Waals surface area contributed by atoms with Gasteiger partial charge in [-0.2, -0.15) is 0 Å². The highest BCUT2D eigenvalue weighted by atomic mass is 32.1. The predicted octanol–water partition coefficient (Wildman–Crippen LogP) is 4.07. The molecule has 21 heavy (non-hydrogen) atoms. The number of hydrogen-bond acceptors (Lipinski definition) is 5. The van der Waals surface area contributed by atoms with Crippen molar-refractivity contribution in [2.45, 2.75) is 13.8 Å². The highest BCUT2D eigenvalue weighted by molar-refractivity contribution is 7.21. The lowest BCUT2D eigenvalue weighted by molar-refractivity contribution is -0.384. The van der Waals surface area contributed by atoms with Crippen LogP contribution in [-0.2, 0) is 0 Å². The molecule has 106 valence electrons. The van der Waals surface area contributed by atoms with Crippen molar-refractivity contribution in [2.24, 2.45) is 0 Å². The first-order valence-corrected chi connectivity index (χ1v) is 7.19. The molecule has 0 saturated heterocycles. The van der Waals surface area contributed by atoms with E-state index in [1.807, 2.05) is 26.0 Å². The molecular formula is C15H13N3O2S. The topological polar surface area (TPSA) is 82.0 Å². The third-order valence-electron chi connectivity index (χ3n) is 3.42. The Labute approximate surface area is 125 Å². The summed E-state index contributed by atoms with van der Waals surface area (Å²) >= 11 is 1.45. The van der Waals surface area contributed by atoms with E-state index in [1.54, 1.807) is 12.1 Å². The van der Waals surface area contributed by atoms with Crippen LogP contribution in [0, 0.1) is 24.0 Å². The second kappa shape index (κ2) is 4.82.